The fourth-order valence-corrected chi connectivity index (χ4v) is 1.90. The molecule has 7 nitrogen and oxygen atoms in total. The van der Waals surface area contributed by atoms with E-state index in [4.69, 9.17) is 5.26 Å². The van der Waals surface area contributed by atoms with Crippen LogP contribution in [0.3, 0.4) is 0 Å². The summed E-state index contributed by atoms with van der Waals surface area (Å²) in [7, 11) is 0. The standard InChI is InChI=1S/C13H10N6O/c14-3-4-15-12-16-6-9(7-17-12)8-1-2-10-11(5-8)19-13(20)18-10/h1-2,5-7H,4H2,(H,15,16,17)(H2,18,19,20). The maximum Gasteiger partial charge on any atom is 0.323 e. The Morgan fingerprint density at radius 3 is 2.65 bits per heavy atom. The number of nitriles is 1. The molecule has 0 saturated carbocycles. The highest BCUT2D eigenvalue weighted by Gasteiger charge is 2.03. The molecule has 0 radical (unpaired) electrons. The smallest absolute Gasteiger partial charge is 0.323 e. The molecule has 0 bridgehead atoms. The number of imidazole rings is 1. The number of benzene rings is 1. The van der Waals surface area contributed by atoms with Crippen LogP contribution in [0.4, 0.5) is 5.95 Å². The summed E-state index contributed by atoms with van der Waals surface area (Å²) in [4.78, 5) is 24.9. The Bertz CT molecular complexity index is 840. The Hall–Kier alpha value is -3.14. The fraction of sp³-hybridized carbons (Fsp3) is 0.0769. The lowest BCUT2D eigenvalue weighted by Gasteiger charge is -2.03. The molecule has 3 aromatic rings. The van der Waals surface area contributed by atoms with Crippen molar-refractivity contribution < 1.29 is 0 Å². The van der Waals surface area contributed by atoms with E-state index in [9.17, 15) is 4.79 Å². The molecule has 0 saturated heterocycles. The summed E-state index contributed by atoms with van der Waals surface area (Å²) < 4.78 is 0. The summed E-state index contributed by atoms with van der Waals surface area (Å²) in [5.41, 5.74) is 2.99. The summed E-state index contributed by atoms with van der Waals surface area (Å²) in [5, 5.41) is 11.2. The van der Waals surface area contributed by atoms with Crippen LogP contribution in [0.5, 0.6) is 0 Å². The van der Waals surface area contributed by atoms with Gasteiger partial charge in [0.1, 0.15) is 6.54 Å². The Labute approximate surface area is 113 Å². The van der Waals surface area contributed by atoms with Gasteiger partial charge in [-0.15, -0.1) is 0 Å². The second-order valence-corrected chi connectivity index (χ2v) is 4.15. The zero-order chi connectivity index (χ0) is 13.9. The number of aromatic nitrogens is 4. The van der Waals surface area contributed by atoms with Gasteiger partial charge in [-0.25, -0.2) is 14.8 Å². The molecule has 0 unspecified atom stereocenters. The molecule has 3 N–H and O–H groups in total. The molecule has 98 valence electrons. The van der Waals surface area contributed by atoms with Gasteiger partial charge >= 0.3 is 5.69 Å². The number of rotatable bonds is 3. The molecule has 0 fully saturated rings. The number of hydrogen-bond acceptors (Lipinski definition) is 5. The Morgan fingerprint density at radius 1 is 1.15 bits per heavy atom. The van der Waals surface area contributed by atoms with Gasteiger partial charge < -0.3 is 15.3 Å². The van der Waals surface area contributed by atoms with E-state index in [2.05, 4.69) is 25.3 Å². The van der Waals surface area contributed by atoms with Gasteiger partial charge in [-0.05, 0) is 17.7 Å². The van der Waals surface area contributed by atoms with Crippen molar-refractivity contribution in [2.45, 2.75) is 0 Å². The molecule has 0 aliphatic carbocycles. The van der Waals surface area contributed by atoms with Gasteiger partial charge in [0.2, 0.25) is 5.95 Å². The normalized spacial score (nSPS) is 10.3. The van der Waals surface area contributed by atoms with E-state index in [1.165, 1.54) is 0 Å². The van der Waals surface area contributed by atoms with E-state index in [-0.39, 0.29) is 12.2 Å². The average Bonchev–Trinajstić information content (AvgIpc) is 2.84. The molecule has 0 aliphatic heterocycles. The number of aromatic amines is 2. The van der Waals surface area contributed by atoms with E-state index < -0.39 is 0 Å². The Morgan fingerprint density at radius 2 is 1.90 bits per heavy atom. The molecule has 0 amide bonds. The molecule has 3 rings (SSSR count). The van der Waals surface area contributed by atoms with Crippen molar-refractivity contribution in [3.05, 3.63) is 41.1 Å². The highest BCUT2D eigenvalue weighted by atomic mass is 16.1. The highest BCUT2D eigenvalue weighted by Crippen LogP contribution is 2.21. The number of anilines is 1. The van der Waals surface area contributed by atoms with Gasteiger partial charge in [0.25, 0.3) is 0 Å². The van der Waals surface area contributed by atoms with Crippen LogP contribution in [-0.2, 0) is 0 Å². The van der Waals surface area contributed by atoms with Crippen molar-refractivity contribution in [3.63, 3.8) is 0 Å². The van der Waals surface area contributed by atoms with Crippen LogP contribution < -0.4 is 11.0 Å². The zero-order valence-electron chi connectivity index (χ0n) is 10.3. The van der Waals surface area contributed by atoms with E-state index in [0.717, 1.165) is 22.2 Å². The van der Waals surface area contributed by atoms with Gasteiger partial charge in [-0.1, -0.05) is 6.07 Å². The summed E-state index contributed by atoms with van der Waals surface area (Å²) in [6.45, 7) is 0.163. The molecule has 0 spiro atoms. The number of nitrogens with zero attached hydrogens (tertiary/aromatic N) is 3. The molecule has 0 aliphatic rings. The second kappa shape index (κ2) is 4.85. The van der Waals surface area contributed by atoms with Gasteiger partial charge in [0.05, 0.1) is 17.1 Å². The first-order chi connectivity index (χ1) is 9.76. The minimum absolute atomic E-state index is 0.163. The first-order valence-electron chi connectivity index (χ1n) is 5.91. The maximum atomic E-state index is 11.2. The van der Waals surface area contributed by atoms with Crippen LogP contribution >= 0.6 is 0 Å². The van der Waals surface area contributed by atoms with E-state index in [1.807, 2.05) is 24.3 Å². The van der Waals surface area contributed by atoms with Crippen LogP contribution in [-0.4, -0.2) is 26.5 Å². The fourth-order valence-electron chi connectivity index (χ4n) is 1.90. The number of fused-ring (bicyclic) bond motifs is 1. The van der Waals surface area contributed by atoms with E-state index in [0.29, 0.717) is 5.95 Å². The molecule has 1 aromatic carbocycles. The van der Waals surface area contributed by atoms with Crippen molar-refractivity contribution in [2.75, 3.05) is 11.9 Å². The SMILES string of the molecule is N#CCNc1ncc(-c2ccc3[nH]c(=O)[nH]c3c2)cn1. The van der Waals surface area contributed by atoms with Crippen LogP contribution in [0, 0.1) is 11.3 Å². The number of H-pyrrole nitrogens is 2. The third-order valence-electron chi connectivity index (χ3n) is 2.83. The zero-order valence-corrected chi connectivity index (χ0v) is 10.3. The lowest BCUT2D eigenvalue weighted by atomic mass is 10.1. The van der Waals surface area contributed by atoms with Crippen molar-refractivity contribution >= 4 is 17.0 Å². The van der Waals surface area contributed by atoms with Crippen LogP contribution in [0.25, 0.3) is 22.2 Å². The lowest BCUT2D eigenvalue weighted by Crippen LogP contribution is -2.02. The molecule has 0 atom stereocenters. The summed E-state index contributed by atoms with van der Waals surface area (Å²) >= 11 is 0. The third kappa shape index (κ3) is 2.22. The first kappa shape index (κ1) is 11.9. The van der Waals surface area contributed by atoms with Crippen LogP contribution in [0.2, 0.25) is 0 Å². The monoisotopic (exact) mass is 266 g/mol. The predicted octanol–water partition coefficient (Wildman–Crippen LogP) is 1.25. The lowest BCUT2D eigenvalue weighted by molar-refractivity contribution is 1.12. The van der Waals surface area contributed by atoms with Gasteiger partial charge in [-0.3, -0.25) is 0 Å². The van der Waals surface area contributed by atoms with Crippen LogP contribution in [0.1, 0.15) is 0 Å². The second-order valence-electron chi connectivity index (χ2n) is 4.15. The van der Waals surface area contributed by atoms with E-state index in [1.54, 1.807) is 12.4 Å². The first-order valence-corrected chi connectivity index (χ1v) is 5.91. The molecule has 2 aromatic heterocycles. The molecule has 20 heavy (non-hydrogen) atoms. The van der Waals surface area contributed by atoms with Crippen LogP contribution in [0.15, 0.2) is 35.4 Å². The van der Waals surface area contributed by atoms with Crippen molar-refractivity contribution in [3.8, 4) is 17.2 Å². The minimum Gasteiger partial charge on any atom is -0.341 e. The van der Waals surface area contributed by atoms with Crippen molar-refractivity contribution in [2.24, 2.45) is 0 Å². The summed E-state index contributed by atoms with van der Waals surface area (Å²) in [6, 6.07) is 7.52. The molecule has 2 heterocycles. The van der Waals surface area contributed by atoms with Gasteiger partial charge in [-0.2, -0.15) is 5.26 Å². The molecule has 7 heteroatoms. The largest absolute Gasteiger partial charge is 0.341 e. The number of hydrogen-bond donors (Lipinski definition) is 3. The van der Waals surface area contributed by atoms with Gasteiger partial charge in [0, 0.05) is 18.0 Å². The average molecular weight is 266 g/mol. The predicted molar refractivity (Wildman–Crippen MR) is 74.0 cm³/mol. The topological polar surface area (TPSA) is 110 Å². The Balaban J connectivity index is 1.94. The molecular weight excluding hydrogens is 256 g/mol. The quantitative estimate of drug-likeness (QED) is 0.618. The van der Waals surface area contributed by atoms with Crippen molar-refractivity contribution in [1.29, 1.82) is 5.26 Å². The third-order valence-corrected chi connectivity index (χ3v) is 2.83. The van der Waals surface area contributed by atoms with E-state index >= 15 is 0 Å². The maximum absolute atomic E-state index is 11.2. The summed E-state index contributed by atoms with van der Waals surface area (Å²) in [6.07, 6.45) is 3.33. The highest BCUT2D eigenvalue weighted by molar-refractivity contribution is 5.81. The van der Waals surface area contributed by atoms with Crippen molar-refractivity contribution in [1.82, 2.24) is 19.9 Å². The Kier molecular flexibility index (Phi) is 2.89. The number of nitrogens with one attached hydrogen (secondary N) is 3. The summed E-state index contributed by atoms with van der Waals surface area (Å²) in [5.74, 6) is 0.409. The van der Waals surface area contributed by atoms with Gasteiger partial charge in [0.15, 0.2) is 0 Å². The molecular formula is C13H10N6O. The minimum atomic E-state index is -0.232.